The van der Waals surface area contributed by atoms with E-state index in [1.807, 2.05) is 0 Å². The van der Waals surface area contributed by atoms with Gasteiger partial charge in [-0.1, -0.05) is 11.6 Å². The van der Waals surface area contributed by atoms with Crippen molar-refractivity contribution in [2.75, 3.05) is 6.54 Å². The Hall–Kier alpha value is -1.07. The first-order valence-electron chi connectivity index (χ1n) is 4.98. The Labute approximate surface area is 102 Å². The van der Waals surface area contributed by atoms with Crippen molar-refractivity contribution in [2.24, 2.45) is 0 Å². The van der Waals surface area contributed by atoms with Crippen LogP contribution in [0.4, 0.5) is 0 Å². The third kappa shape index (κ3) is 3.21. The zero-order valence-electron chi connectivity index (χ0n) is 8.46. The molecule has 1 aromatic heterocycles. The molecular formula is C10H11ClN2O2S. The van der Waals surface area contributed by atoms with E-state index in [1.165, 1.54) is 11.3 Å². The molecule has 0 spiro atoms. The highest BCUT2D eigenvalue weighted by atomic mass is 35.5. The summed E-state index contributed by atoms with van der Waals surface area (Å²) in [4.78, 5) is 23.3. The van der Waals surface area contributed by atoms with E-state index in [0.29, 0.717) is 15.3 Å². The second-order valence-corrected chi connectivity index (χ2v) is 5.34. The molecule has 0 aromatic carbocycles. The third-order valence-corrected chi connectivity index (χ3v) is 3.38. The van der Waals surface area contributed by atoms with Gasteiger partial charge in [-0.05, 0) is 25.0 Å². The number of hydrogen-bond acceptors (Lipinski definition) is 3. The summed E-state index contributed by atoms with van der Waals surface area (Å²) in [5.74, 6) is -0.402. The lowest BCUT2D eigenvalue weighted by Gasteiger charge is -2.04. The Bertz CT molecular complexity index is 415. The standard InChI is InChI=1S/C10H11ClN2O2S/c11-8-4-3-7(16-8)10(15)12-5-9(14)13-6-1-2-6/h3-4,6H,1-2,5H2,(H,12,15)(H,13,14). The number of nitrogens with one attached hydrogen (secondary N) is 2. The molecule has 1 heterocycles. The number of rotatable bonds is 4. The normalized spacial score (nSPS) is 14.6. The molecule has 1 aliphatic carbocycles. The summed E-state index contributed by atoms with van der Waals surface area (Å²) in [5, 5.41) is 5.34. The lowest BCUT2D eigenvalue weighted by atomic mass is 10.4. The van der Waals surface area contributed by atoms with E-state index in [4.69, 9.17) is 11.6 Å². The summed E-state index contributed by atoms with van der Waals surface area (Å²) in [6, 6.07) is 3.62. The van der Waals surface area contributed by atoms with Gasteiger partial charge in [-0.3, -0.25) is 9.59 Å². The molecule has 0 radical (unpaired) electrons. The first-order valence-corrected chi connectivity index (χ1v) is 6.17. The molecule has 16 heavy (non-hydrogen) atoms. The minimum Gasteiger partial charge on any atom is -0.352 e. The maximum absolute atomic E-state index is 11.5. The van der Waals surface area contributed by atoms with Gasteiger partial charge in [0, 0.05) is 6.04 Å². The van der Waals surface area contributed by atoms with Gasteiger partial charge in [0.05, 0.1) is 15.8 Å². The summed E-state index contributed by atoms with van der Waals surface area (Å²) in [5.41, 5.74) is 0. The van der Waals surface area contributed by atoms with Gasteiger partial charge in [-0.25, -0.2) is 0 Å². The number of hydrogen-bond donors (Lipinski definition) is 2. The van der Waals surface area contributed by atoms with Crippen molar-refractivity contribution < 1.29 is 9.59 Å². The van der Waals surface area contributed by atoms with Crippen molar-refractivity contribution in [3.8, 4) is 0 Å². The third-order valence-electron chi connectivity index (χ3n) is 2.15. The largest absolute Gasteiger partial charge is 0.352 e. The van der Waals surface area contributed by atoms with Crippen LogP contribution in [0.5, 0.6) is 0 Å². The number of carbonyl (C=O) groups excluding carboxylic acids is 2. The van der Waals surface area contributed by atoms with E-state index >= 15 is 0 Å². The molecule has 1 aromatic rings. The van der Waals surface area contributed by atoms with E-state index in [9.17, 15) is 9.59 Å². The van der Waals surface area contributed by atoms with E-state index in [0.717, 1.165) is 12.8 Å². The maximum atomic E-state index is 11.5. The highest BCUT2D eigenvalue weighted by Crippen LogP contribution is 2.21. The molecule has 86 valence electrons. The average Bonchev–Trinajstić information content (AvgIpc) is 2.95. The summed E-state index contributed by atoms with van der Waals surface area (Å²) in [6.45, 7) is 0.0187. The fourth-order valence-electron chi connectivity index (χ4n) is 1.19. The van der Waals surface area contributed by atoms with Crippen LogP contribution >= 0.6 is 22.9 Å². The topological polar surface area (TPSA) is 58.2 Å². The number of thiophene rings is 1. The quantitative estimate of drug-likeness (QED) is 0.858. The van der Waals surface area contributed by atoms with Crippen LogP contribution in [0.25, 0.3) is 0 Å². The monoisotopic (exact) mass is 258 g/mol. The molecule has 6 heteroatoms. The molecule has 1 saturated carbocycles. The van der Waals surface area contributed by atoms with Crippen LogP contribution in [0.15, 0.2) is 12.1 Å². The second-order valence-electron chi connectivity index (χ2n) is 3.63. The van der Waals surface area contributed by atoms with Crippen LogP contribution in [-0.4, -0.2) is 24.4 Å². The number of halogens is 1. The van der Waals surface area contributed by atoms with Crippen molar-refractivity contribution in [3.63, 3.8) is 0 Å². The first kappa shape index (κ1) is 11.4. The molecule has 0 saturated heterocycles. The number of carbonyl (C=O) groups is 2. The summed E-state index contributed by atoms with van der Waals surface area (Å²) in [6.07, 6.45) is 2.08. The summed E-state index contributed by atoms with van der Waals surface area (Å²) in [7, 11) is 0. The van der Waals surface area contributed by atoms with Crippen LogP contribution in [0.2, 0.25) is 4.34 Å². The molecule has 1 fully saturated rings. The summed E-state index contributed by atoms with van der Waals surface area (Å²) < 4.78 is 0.563. The van der Waals surface area contributed by atoms with Gasteiger partial charge in [0.25, 0.3) is 5.91 Å². The molecule has 0 atom stereocenters. The van der Waals surface area contributed by atoms with E-state index in [-0.39, 0.29) is 18.4 Å². The van der Waals surface area contributed by atoms with Crippen molar-refractivity contribution >= 4 is 34.8 Å². The summed E-state index contributed by atoms with van der Waals surface area (Å²) >= 11 is 6.90. The molecule has 0 aliphatic heterocycles. The van der Waals surface area contributed by atoms with Gasteiger partial charge < -0.3 is 10.6 Å². The molecule has 0 unspecified atom stereocenters. The molecule has 2 N–H and O–H groups in total. The van der Waals surface area contributed by atoms with Gasteiger partial charge in [0.15, 0.2) is 0 Å². The van der Waals surface area contributed by atoms with Crippen molar-refractivity contribution in [1.82, 2.24) is 10.6 Å². The van der Waals surface area contributed by atoms with Crippen molar-refractivity contribution in [1.29, 1.82) is 0 Å². The minimum absolute atomic E-state index is 0.0187. The fourth-order valence-corrected chi connectivity index (χ4v) is 2.15. The van der Waals surface area contributed by atoms with Gasteiger partial charge in [-0.15, -0.1) is 11.3 Å². The van der Waals surface area contributed by atoms with Gasteiger partial charge in [0.1, 0.15) is 0 Å². The van der Waals surface area contributed by atoms with Gasteiger partial charge >= 0.3 is 0 Å². The van der Waals surface area contributed by atoms with Gasteiger partial charge in [0.2, 0.25) is 5.91 Å². The average molecular weight is 259 g/mol. The van der Waals surface area contributed by atoms with E-state index in [2.05, 4.69) is 10.6 Å². The van der Waals surface area contributed by atoms with E-state index in [1.54, 1.807) is 12.1 Å². The van der Waals surface area contributed by atoms with Crippen LogP contribution in [0, 0.1) is 0 Å². The highest BCUT2D eigenvalue weighted by Gasteiger charge is 2.23. The molecule has 0 bridgehead atoms. The minimum atomic E-state index is -0.261. The maximum Gasteiger partial charge on any atom is 0.261 e. The lowest BCUT2D eigenvalue weighted by Crippen LogP contribution is -2.37. The zero-order valence-corrected chi connectivity index (χ0v) is 10.0. The molecule has 2 amide bonds. The first-order chi connectivity index (χ1) is 7.65. The predicted molar refractivity (Wildman–Crippen MR) is 62.8 cm³/mol. The molecule has 2 rings (SSSR count). The zero-order chi connectivity index (χ0) is 11.5. The number of amides is 2. The van der Waals surface area contributed by atoms with Crippen molar-refractivity contribution in [2.45, 2.75) is 18.9 Å². The Balaban J connectivity index is 1.76. The van der Waals surface area contributed by atoms with Crippen LogP contribution in [0.3, 0.4) is 0 Å². The molecule has 4 nitrogen and oxygen atoms in total. The Morgan fingerprint density at radius 1 is 1.44 bits per heavy atom. The second kappa shape index (κ2) is 4.84. The van der Waals surface area contributed by atoms with Crippen LogP contribution < -0.4 is 10.6 Å². The smallest absolute Gasteiger partial charge is 0.261 e. The molecule has 1 aliphatic rings. The van der Waals surface area contributed by atoms with Crippen LogP contribution in [-0.2, 0) is 4.79 Å². The Morgan fingerprint density at radius 2 is 2.19 bits per heavy atom. The fraction of sp³-hybridized carbons (Fsp3) is 0.400. The highest BCUT2D eigenvalue weighted by molar-refractivity contribution is 7.17. The lowest BCUT2D eigenvalue weighted by molar-refractivity contribution is -0.120. The predicted octanol–water partition coefficient (Wildman–Crippen LogP) is 1.41. The Kier molecular flexibility index (Phi) is 3.46. The van der Waals surface area contributed by atoms with Crippen LogP contribution in [0.1, 0.15) is 22.5 Å². The van der Waals surface area contributed by atoms with Crippen molar-refractivity contribution in [3.05, 3.63) is 21.3 Å². The van der Waals surface area contributed by atoms with Gasteiger partial charge in [-0.2, -0.15) is 0 Å². The van der Waals surface area contributed by atoms with E-state index < -0.39 is 0 Å². The SMILES string of the molecule is O=C(CNC(=O)c1ccc(Cl)s1)NC1CC1. The Morgan fingerprint density at radius 3 is 2.75 bits per heavy atom. The molecular weight excluding hydrogens is 248 g/mol.